The predicted molar refractivity (Wildman–Crippen MR) is 195 cm³/mol. The first-order valence-electron chi connectivity index (χ1n) is 16.3. The number of hydrogen-bond acceptors (Lipinski definition) is 4. The molecule has 0 unspecified atom stereocenters. The smallest absolute Gasteiger partial charge is 0.238 e. The Balaban J connectivity index is 1.21. The summed E-state index contributed by atoms with van der Waals surface area (Å²) in [5.74, 6) is 1.85. The topological polar surface area (TPSA) is 56.7 Å². The maximum Gasteiger partial charge on any atom is 0.238 e. The minimum atomic E-state index is 0.601. The lowest BCUT2D eigenvalue weighted by Gasteiger charge is -2.17. The molecule has 0 N–H and O–H groups in total. The molecule has 3 heterocycles. The van der Waals surface area contributed by atoms with E-state index in [1.807, 2.05) is 48.5 Å². The molecule has 10 rings (SSSR count). The minimum Gasteiger partial charge on any atom is -0.456 e. The van der Waals surface area contributed by atoms with Crippen molar-refractivity contribution in [3.63, 3.8) is 0 Å². The zero-order chi connectivity index (χ0) is 31.6. The van der Waals surface area contributed by atoms with Crippen LogP contribution >= 0.6 is 0 Å². The first-order chi connectivity index (χ1) is 23.8. The second-order valence-corrected chi connectivity index (χ2v) is 12.4. The number of aryl methyl sites for hydroxylation is 1. The zero-order valence-corrected chi connectivity index (χ0v) is 26.0. The van der Waals surface area contributed by atoms with E-state index >= 15 is 0 Å². The van der Waals surface area contributed by atoms with Gasteiger partial charge in [0, 0.05) is 27.3 Å². The highest BCUT2D eigenvalue weighted by Crippen LogP contribution is 2.39. The van der Waals surface area contributed by atoms with E-state index in [0.717, 1.165) is 57.1 Å². The molecule has 0 atom stereocenters. The Hall–Kier alpha value is -6.33. The summed E-state index contributed by atoms with van der Waals surface area (Å²) < 4.78 is 8.37. The number of nitrogens with zero attached hydrogens (tertiary/aromatic N) is 4. The Morgan fingerprint density at radius 3 is 2.10 bits per heavy atom. The summed E-state index contributed by atoms with van der Waals surface area (Å²) >= 11 is 0. The summed E-state index contributed by atoms with van der Waals surface area (Å²) in [7, 11) is 0. The molecule has 0 saturated carbocycles. The molecule has 6 aromatic carbocycles. The summed E-state index contributed by atoms with van der Waals surface area (Å²) in [6.07, 6.45) is 4.25. The molecule has 5 heteroatoms. The van der Waals surface area contributed by atoms with Crippen molar-refractivity contribution < 1.29 is 4.42 Å². The SMILES string of the molecule is C1=C(c2ccc3ccccc3c2)CCc2c1n(-c1nc(-c3ccccc3)nc(-c3ccc4oc5ccccc5c4c3)n1)c1ccccc21. The van der Waals surface area contributed by atoms with Gasteiger partial charge in [0.05, 0.1) is 11.2 Å². The van der Waals surface area contributed by atoms with Crippen molar-refractivity contribution in [2.24, 2.45) is 0 Å². The average molecular weight is 617 g/mol. The first-order valence-corrected chi connectivity index (χ1v) is 16.3. The van der Waals surface area contributed by atoms with Gasteiger partial charge in [-0.2, -0.15) is 9.97 Å². The lowest BCUT2D eigenvalue weighted by atomic mass is 9.90. The lowest BCUT2D eigenvalue weighted by Crippen LogP contribution is -2.09. The van der Waals surface area contributed by atoms with Crippen molar-refractivity contribution in [2.75, 3.05) is 0 Å². The monoisotopic (exact) mass is 616 g/mol. The predicted octanol–water partition coefficient (Wildman–Crippen LogP) is 10.7. The van der Waals surface area contributed by atoms with Gasteiger partial charge in [-0.25, -0.2) is 4.98 Å². The van der Waals surface area contributed by atoms with Gasteiger partial charge in [0.15, 0.2) is 11.6 Å². The van der Waals surface area contributed by atoms with Crippen LogP contribution in [-0.2, 0) is 6.42 Å². The number of aromatic nitrogens is 4. The number of hydrogen-bond donors (Lipinski definition) is 0. The summed E-state index contributed by atoms with van der Waals surface area (Å²) in [6.45, 7) is 0. The summed E-state index contributed by atoms with van der Waals surface area (Å²) in [5.41, 5.74) is 9.65. The van der Waals surface area contributed by atoms with E-state index in [1.165, 1.54) is 32.9 Å². The maximum atomic E-state index is 6.14. The second-order valence-electron chi connectivity index (χ2n) is 12.4. The van der Waals surface area contributed by atoms with Gasteiger partial charge in [-0.3, -0.25) is 4.57 Å². The molecule has 0 fully saturated rings. The van der Waals surface area contributed by atoms with Gasteiger partial charge in [-0.15, -0.1) is 0 Å². The van der Waals surface area contributed by atoms with Gasteiger partial charge in [0.25, 0.3) is 0 Å². The molecule has 0 aliphatic heterocycles. The third kappa shape index (κ3) is 4.28. The van der Waals surface area contributed by atoms with Crippen LogP contribution in [0.15, 0.2) is 144 Å². The molecule has 48 heavy (non-hydrogen) atoms. The van der Waals surface area contributed by atoms with Crippen molar-refractivity contribution in [3.05, 3.63) is 156 Å². The van der Waals surface area contributed by atoms with Crippen molar-refractivity contribution in [1.29, 1.82) is 0 Å². The van der Waals surface area contributed by atoms with Crippen LogP contribution in [0.5, 0.6) is 0 Å². The fraction of sp³-hybridized carbons (Fsp3) is 0.0465. The molecular formula is C43H28N4O. The largest absolute Gasteiger partial charge is 0.456 e. The lowest BCUT2D eigenvalue weighted by molar-refractivity contribution is 0.669. The Kier molecular flexibility index (Phi) is 5.93. The van der Waals surface area contributed by atoms with Gasteiger partial charge in [-0.05, 0) is 82.8 Å². The van der Waals surface area contributed by atoms with Gasteiger partial charge in [-0.1, -0.05) is 103 Å². The Morgan fingerprint density at radius 2 is 1.21 bits per heavy atom. The highest BCUT2D eigenvalue weighted by atomic mass is 16.3. The molecule has 0 spiro atoms. The second kappa shape index (κ2) is 10.6. The summed E-state index contributed by atoms with van der Waals surface area (Å²) in [4.78, 5) is 15.4. The van der Waals surface area contributed by atoms with Gasteiger partial charge < -0.3 is 4.42 Å². The molecule has 9 aromatic rings. The fourth-order valence-electron chi connectivity index (χ4n) is 7.25. The van der Waals surface area contributed by atoms with E-state index in [-0.39, 0.29) is 0 Å². The molecule has 0 amide bonds. The van der Waals surface area contributed by atoms with Crippen LogP contribution in [0.2, 0.25) is 0 Å². The van der Waals surface area contributed by atoms with E-state index in [2.05, 4.69) is 102 Å². The van der Waals surface area contributed by atoms with E-state index in [4.69, 9.17) is 19.4 Å². The highest BCUT2D eigenvalue weighted by molar-refractivity contribution is 6.06. The molecule has 0 radical (unpaired) electrons. The number of para-hydroxylation sites is 2. The first kappa shape index (κ1) is 26.8. The molecule has 226 valence electrons. The number of rotatable bonds is 4. The van der Waals surface area contributed by atoms with Crippen molar-refractivity contribution >= 4 is 55.3 Å². The summed E-state index contributed by atoms with van der Waals surface area (Å²) in [6, 6.07) is 48.4. The van der Waals surface area contributed by atoms with Crippen molar-refractivity contribution in [2.45, 2.75) is 12.8 Å². The standard InChI is InChI=1S/C43H28N4O/c1-2-11-28(12-3-1)41-44-42(32-21-23-40-36(25-32)35-15-7-9-17-39(35)48-40)46-43(45-41)47-37-16-8-6-14-33(37)34-22-20-31(26-38(34)47)30-19-18-27-10-4-5-13-29(27)24-30/h1-19,21,23-26H,20,22H2. The van der Waals surface area contributed by atoms with Crippen LogP contribution in [0.1, 0.15) is 23.2 Å². The van der Waals surface area contributed by atoms with Gasteiger partial charge in [0.2, 0.25) is 5.95 Å². The van der Waals surface area contributed by atoms with Gasteiger partial charge in [0.1, 0.15) is 11.2 Å². The Bertz CT molecular complexity index is 2730. The molecule has 5 nitrogen and oxygen atoms in total. The number of benzene rings is 6. The van der Waals surface area contributed by atoms with E-state index in [9.17, 15) is 0 Å². The van der Waals surface area contributed by atoms with Crippen LogP contribution in [0.4, 0.5) is 0 Å². The van der Waals surface area contributed by atoms with Crippen LogP contribution < -0.4 is 0 Å². The quantitative estimate of drug-likeness (QED) is 0.197. The molecule has 3 aromatic heterocycles. The van der Waals surface area contributed by atoms with E-state index < -0.39 is 0 Å². The number of fused-ring (bicyclic) bond motifs is 7. The molecular weight excluding hydrogens is 589 g/mol. The van der Waals surface area contributed by atoms with Crippen LogP contribution in [0.3, 0.4) is 0 Å². The van der Waals surface area contributed by atoms with Crippen LogP contribution in [-0.4, -0.2) is 19.5 Å². The number of allylic oxidation sites excluding steroid dienone is 1. The third-order valence-corrected chi connectivity index (χ3v) is 9.59. The van der Waals surface area contributed by atoms with Crippen LogP contribution in [0.25, 0.3) is 84.0 Å². The number of furan rings is 1. The summed E-state index contributed by atoms with van der Waals surface area (Å²) in [5, 5.41) is 5.84. The molecule has 1 aliphatic rings. The highest BCUT2D eigenvalue weighted by Gasteiger charge is 2.24. The Labute approximate surface area is 276 Å². The van der Waals surface area contributed by atoms with E-state index in [1.54, 1.807) is 0 Å². The van der Waals surface area contributed by atoms with Crippen LogP contribution in [0, 0.1) is 0 Å². The Morgan fingerprint density at radius 1 is 0.500 bits per heavy atom. The molecule has 0 saturated heterocycles. The van der Waals surface area contributed by atoms with Gasteiger partial charge >= 0.3 is 0 Å². The fourth-order valence-corrected chi connectivity index (χ4v) is 7.25. The normalized spacial score (nSPS) is 13.0. The van der Waals surface area contributed by atoms with Crippen molar-refractivity contribution in [1.82, 2.24) is 19.5 Å². The third-order valence-electron chi connectivity index (χ3n) is 9.59. The molecule has 1 aliphatic carbocycles. The average Bonchev–Trinajstić information content (AvgIpc) is 3.70. The maximum absolute atomic E-state index is 6.14. The molecule has 0 bridgehead atoms. The van der Waals surface area contributed by atoms with Crippen molar-refractivity contribution in [3.8, 4) is 28.7 Å². The zero-order valence-electron chi connectivity index (χ0n) is 26.0. The minimum absolute atomic E-state index is 0.601. The van der Waals surface area contributed by atoms with E-state index in [0.29, 0.717) is 17.6 Å².